The van der Waals surface area contributed by atoms with Crippen LogP contribution in [0.3, 0.4) is 0 Å². The molecule has 0 saturated heterocycles. The molecule has 2 N–H and O–H groups in total. The fourth-order valence-corrected chi connectivity index (χ4v) is 2.44. The van der Waals surface area contributed by atoms with E-state index >= 15 is 0 Å². The summed E-state index contributed by atoms with van der Waals surface area (Å²) in [4.78, 5) is 10.9. The van der Waals surface area contributed by atoms with Crippen LogP contribution in [0.25, 0.3) is 5.57 Å². The van der Waals surface area contributed by atoms with Gasteiger partial charge in [0, 0.05) is 17.7 Å². The number of carbonyl (C=O) groups is 1. The largest absolute Gasteiger partial charge is 1.00 e. The molecule has 8 heteroatoms. The Kier molecular flexibility index (Phi) is 8.92. The minimum Gasteiger partial charge on any atom is -0.548 e. The molecular weight excluding hydrogens is 367 g/mol. The van der Waals surface area contributed by atoms with Crippen molar-refractivity contribution in [3.05, 3.63) is 65.2 Å². The molecule has 2 aromatic rings. The average Bonchev–Trinajstić information content (AvgIpc) is 2.62. The number of hydrogen-bond donors (Lipinski definition) is 1. The Hall–Kier alpha value is -1.93. The first-order valence-electron chi connectivity index (χ1n) is 7.71. The third-order valence-corrected chi connectivity index (χ3v) is 3.79. The summed E-state index contributed by atoms with van der Waals surface area (Å²) in [7, 11) is 2.93. The van der Waals surface area contributed by atoms with Gasteiger partial charge in [0.2, 0.25) is 0 Å². The van der Waals surface area contributed by atoms with Crippen LogP contribution in [0.2, 0.25) is 0 Å². The van der Waals surface area contributed by atoms with Crippen LogP contribution in [0.1, 0.15) is 17.5 Å². The standard InChI is InChI=1S/C19H19F2NO4.Na/c1-25-17-8-3-11(9-18(17)26-2)13(6-7-16(22)19(23)24)14-5-4-12(20)10-15(14)21;/h3-6,8-10,16H,7,22H2,1-2H3,(H,23,24);/q;+1/p-1/b13-6-;. The normalized spacial score (nSPS) is 12.1. The number of carboxylic acids is 1. The number of methoxy groups -OCH3 is 2. The zero-order valence-corrected chi connectivity index (χ0v) is 17.3. The first kappa shape index (κ1) is 23.1. The van der Waals surface area contributed by atoms with Crippen molar-refractivity contribution < 1.29 is 57.7 Å². The number of ether oxygens (including phenoxy) is 2. The molecule has 138 valence electrons. The molecule has 0 aliphatic rings. The molecule has 1 atom stereocenters. The summed E-state index contributed by atoms with van der Waals surface area (Å²) in [6.45, 7) is 0. The number of carbonyl (C=O) groups excluding carboxylic acids is 1. The van der Waals surface area contributed by atoms with Crippen molar-refractivity contribution in [2.75, 3.05) is 14.2 Å². The third-order valence-electron chi connectivity index (χ3n) is 3.79. The molecular formula is C19H18F2NNaO4. The fraction of sp³-hybridized carbons (Fsp3) is 0.211. The molecule has 2 rings (SSSR count). The van der Waals surface area contributed by atoms with E-state index in [1.165, 1.54) is 26.4 Å². The molecule has 0 fully saturated rings. The van der Waals surface area contributed by atoms with Gasteiger partial charge < -0.3 is 25.1 Å². The van der Waals surface area contributed by atoms with E-state index in [9.17, 15) is 18.7 Å². The first-order chi connectivity index (χ1) is 12.4. The van der Waals surface area contributed by atoms with Crippen molar-refractivity contribution in [1.82, 2.24) is 0 Å². The number of halogens is 2. The van der Waals surface area contributed by atoms with Crippen molar-refractivity contribution in [2.24, 2.45) is 5.73 Å². The molecule has 0 heterocycles. The Morgan fingerprint density at radius 2 is 1.81 bits per heavy atom. The average molecular weight is 385 g/mol. The maximum atomic E-state index is 14.3. The van der Waals surface area contributed by atoms with E-state index in [1.807, 2.05) is 0 Å². The van der Waals surface area contributed by atoms with Gasteiger partial charge in [0.15, 0.2) is 11.5 Å². The zero-order valence-electron chi connectivity index (χ0n) is 15.3. The Balaban J connectivity index is 0.00000364. The van der Waals surface area contributed by atoms with Gasteiger partial charge in [-0.3, -0.25) is 0 Å². The minimum absolute atomic E-state index is 0. The van der Waals surface area contributed by atoms with E-state index < -0.39 is 23.6 Å². The van der Waals surface area contributed by atoms with E-state index in [0.29, 0.717) is 22.6 Å². The smallest absolute Gasteiger partial charge is 0.548 e. The third kappa shape index (κ3) is 5.77. The van der Waals surface area contributed by atoms with Crippen LogP contribution in [0.5, 0.6) is 11.5 Å². The van der Waals surface area contributed by atoms with Crippen molar-refractivity contribution >= 4 is 11.5 Å². The van der Waals surface area contributed by atoms with Gasteiger partial charge in [-0.15, -0.1) is 0 Å². The number of benzene rings is 2. The Bertz CT molecular complexity index is 842. The summed E-state index contributed by atoms with van der Waals surface area (Å²) >= 11 is 0. The van der Waals surface area contributed by atoms with E-state index in [1.54, 1.807) is 18.2 Å². The van der Waals surface area contributed by atoms with Crippen molar-refractivity contribution in [3.63, 3.8) is 0 Å². The number of hydrogen-bond acceptors (Lipinski definition) is 5. The molecule has 0 radical (unpaired) electrons. The predicted octanol–water partition coefficient (Wildman–Crippen LogP) is -1.11. The molecule has 0 bridgehead atoms. The number of rotatable bonds is 7. The van der Waals surface area contributed by atoms with Gasteiger partial charge in [-0.2, -0.15) is 0 Å². The summed E-state index contributed by atoms with van der Waals surface area (Å²) in [6, 6.07) is 6.78. The molecule has 0 spiro atoms. The molecule has 0 saturated carbocycles. The second-order valence-electron chi connectivity index (χ2n) is 5.47. The number of carboxylic acid groups (broad SMARTS) is 1. The molecule has 0 aliphatic heterocycles. The minimum atomic E-state index is -1.42. The van der Waals surface area contributed by atoms with E-state index in [2.05, 4.69) is 0 Å². The Labute approximate surface area is 178 Å². The summed E-state index contributed by atoms with van der Waals surface area (Å²) in [5.74, 6) is -2.05. The van der Waals surface area contributed by atoms with Gasteiger partial charge in [-0.1, -0.05) is 12.1 Å². The van der Waals surface area contributed by atoms with Crippen molar-refractivity contribution in [2.45, 2.75) is 12.5 Å². The second-order valence-corrected chi connectivity index (χ2v) is 5.47. The van der Waals surface area contributed by atoms with Gasteiger partial charge in [0.25, 0.3) is 0 Å². The molecule has 0 aromatic heterocycles. The van der Waals surface area contributed by atoms with Crippen molar-refractivity contribution in [3.8, 4) is 11.5 Å². The van der Waals surface area contributed by atoms with E-state index in [-0.39, 0.29) is 41.5 Å². The Morgan fingerprint density at radius 1 is 1.15 bits per heavy atom. The van der Waals surface area contributed by atoms with E-state index in [4.69, 9.17) is 15.2 Å². The Morgan fingerprint density at radius 3 is 2.37 bits per heavy atom. The topological polar surface area (TPSA) is 84.6 Å². The zero-order chi connectivity index (χ0) is 19.3. The summed E-state index contributed by atoms with van der Waals surface area (Å²) in [5, 5.41) is 10.9. The van der Waals surface area contributed by atoms with Crippen LogP contribution in [-0.2, 0) is 4.79 Å². The van der Waals surface area contributed by atoms with Crippen LogP contribution in [0, 0.1) is 11.6 Å². The molecule has 5 nitrogen and oxygen atoms in total. The monoisotopic (exact) mass is 385 g/mol. The molecule has 0 aliphatic carbocycles. The van der Waals surface area contributed by atoms with Crippen molar-refractivity contribution in [1.29, 1.82) is 0 Å². The van der Waals surface area contributed by atoms with Gasteiger partial charge in [0.1, 0.15) is 11.6 Å². The van der Waals surface area contributed by atoms with Crippen LogP contribution in [0.4, 0.5) is 8.78 Å². The number of nitrogens with two attached hydrogens (primary N) is 1. The first-order valence-corrected chi connectivity index (χ1v) is 7.71. The molecule has 27 heavy (non-hydrogen) atoms. The van der Waals surface area contributed by atoms with Gasteiger partial charge >= 0.3 is 29.6 Å². The maximum Gasteiger partial charge on any atom is 1.00 e. The molecule has 0 amide bonds. The molecule has 2 aromatic carbocycles. The summed E-state index contributed by atoms with van der Waals surface area (Å²) in [5.41, 5.74) is 6.45. The van der Waals surface area contributed by atoms with Crippen LogP contribution < -0.4 is 49.9 Å². The van der Waals surface area contributed by atoms with Gasteiger partial charge in [-0.05, 0) is 41.8 Å². The maximum absolute atomic E-state index is 14.3. The van der Waals surface area contributed by atoms with Crippen LogP contribution in [-0.4, -0.2) is 26.2 Å². The number of aliphatic carboxylic acids is 1. The van der Waals surface area contributed by atoms with Gasteiger partial charge in [-0.25, -0.2) is 8.78 Å². The van der Waals surface area contributed by atoms with E-state index in [0.717, 1.165) is 12.1 Å². The SMILES string of the molecule is COc1ccc(/C(=C/CC(N)C(=O)[O-])c2ccc(F)cc2F)cc1OC.[Na+]. The van der Waals surface area contributed by atoms with Gasteiger partial charge in [0.05, 0.1) is 20.2 Å². The fourth-order valence-electron chi connectivity index (χ4n) is 2.44. The second kappa shape index (κ2) is 10.4. The quantitative estimate of drug-likeness (QED) is 0.611. The predicted molar refractivity (Wildman–Crippen MR) is 90.6 cm³/mol. The summed E-state index contributed by atoms with van der Waals surface area (Å²) in [6.07, 6.45) is 1.38. The van der Waals surface area contributed by atoms with Crippen LogP contribution in [0.15, 0.2) is 42.5 Å². The van der Waals surface area contributed by atoms with Crippen LogP contribution >= 0.6 is 0 Å². The molecule has 1 unspecified atom stereocenters. The summed E-state index contributed by atoms with van der Waals surface area (Å²) < 4.78 is 38.0.